The Morgan fingerprint density at radius 1 is 1.11 bits per heavy atom. The second kappa shape index (κ2) is 10.7. The molecule has 1 unspecified atom stereocenters. The van der Waals surface area contributed by atoms with Crippen LogP contribution in [-0.2, 0) is 15.7 Å². The molecule has 1 atom stereocenters. The minimum absolute atomic E-state index is 0.0616. The lowest BCUT2D eigenvalue weighted by Gasteiger charge is -2.07. The van der Waals surface area contributed by atoms with E-state index >= 15 is 0 Å². The van der Waals surface area contributed by atoms with Crippen LogP contribution in [0.25, 0.3) is 0 Å². The topological polar surface area (TPSA) is 65.0 Å². The molecule has 0 bridgehead atoms. The number of benzene rings is 1. The van der Waals surface area contributed by atoms with Crippen molar-refractivity contribution in [3.63, 3.8) is 0 Å². The van der Waals surface area contributed by atoms with Crippen molar-refractivity contribution in [2.24, 2.45) is 0 Å². The zero-order chi connectivity index (χ0) is 14.7. The smallest absolute Gasteiger partial charge is 0.493 e. The van der Waals surface area contributed by atoms with E-state index in [9.17, 15) is 4.57 Å². The SMILES string of the molecule is CCCC.COc1ccc(CO[P+](=O)O)cc1OC. The molecular weight excluding hydrogens is 267 g/mol. The Bertz CT molecular complexity index is 379. The van der Waals surface area contributed by atoms with Crippen molar-refractivity contribution in [3.8, 4) is 11.5 Å². The molecule has 6 heteroatoms. The Kier molecular flexibility index (Phi) is 10.1. The molecule has 0 aliphatic heterocycles. The zero-order valence-electron chi connectivity index (χ0n) is 11.9. The number of methoxy groups -OCH3 is 2. The summed E-state index contributed by atoms with van der Waals surface area (Å²) in [5, 5.41) is 0. The second-order valence-electron chi connectivity index (χ2n) is 3.70. The predicted octanol–water partition coefficient (Wildman–Crippen LogP) is 3.68. The summed E-state index contributed by atoms with van der Waals surface area (Å²) in [5.74, 6) is 1.17. The van der Waals surface area contributed by atoms with E-state index in [2.05, 4.69) is 18.4 Å². The van der Waals surface area contributed by atoms with Crippen LogP contribution in [0.2, 0.25) is 0 Å². The summed E-state index contributed by atoms with van der Waals surface area (Å²) in [6.45, 7) is 4.42. The van der Waals surface area contributed by atoms with Gasteiger partial charge in [-0.1, -0.05) is 32.8 Å². The highest BCUT2D eigenvalue weighted by molar-refractivity contribution is 7.32. The highest BCUT2D eigenvalue weighted by atomic mass is 31.1. The molecule has 0 radical (unpaired) electrons. The molecule has 0 aliphatic carbocycles. The fourth-order valence-electron chi connectivity index (χ4n) is 1.10. The summed E-state index contributed by atoms with van der Waals surface area (Å²) < 4.78 is 25.0. The van der Waals surface area contributed by atoms with Crippen molar-refractivity contribution >= 4 is 8.25 Å². The van der Waals surface area contributed by atoms with E-state index in [4.69, 9.17) is 14.4 Å². The Morgan fingerprint density at radius 3 is 2.11 bits per heavy atom. The Morgan fingerprint density at radius 2 is 1.68 bits per heavy atom. The third kappa shape index (κ3) is 7.78. The van der Waals surface area contributed by atoms with Gasteiger partial charge in [-0.25, -0.2) is 0 Å². The quantitative estimate of drug-likeness (QED) is 0.809. The first-order valence-electron chi connectivity index (χ1n) is 6.08. The van der Waals surface area contributed by atoms with Gasteiger partial charge in [-0.05, 0) is 17.7 Å². The molecule has 108 valence electrons. The normalized spacial score (nSPS) is 10.3. The average molecular weight is 289 g/mol. The molecule has 5 nitrogen and oxygen atoms in total. The summed E-state index contributed by atoms with van der Waals surface area (Å²) >= 11 is 0. The first-order chi connectivity index (χ1) is 9.08. The van der Waals surface area contributed by atoms with Gasteiger partial charge in [0.2, 0.25) is 0 Å². The summed E-state index contributed by atoms with van der Waals surface area (Å²) in [6.07, 6.45) is 2.64. The lowest BCUT2D eigenvalue weighted by molar-refractivity contribution is 0.271. The molecule has 1 aromatic rings. The molecular formula is C13H22O5P+. The van der Waals surface area contributed by atoms with Crippen molar-refractivity contribution in [1.82, 2.24) is 0 Å². The Hall–Kier alpha value is -1.16. The van der Waals surface area contributed by atoms with Crippen molar-refractivity contribution in [1.29, 1.82) is 0 Å². The van der Waals surface area contributed by atoms with Crippen LogP contribution in [-0.4, -0.2) is 19.1 Å². The Labute approximate surface area is 115 Å². The summed E-state index contributed by atoms with van der Waals surface area (Å²) in [6, 6.07) is 5.14. The molecule has 0 aliphatic rings. The number of rotatable bonds is 6. The van der Waals surface area contributed by atoms with Crippen molar-refractivity contribution < 1.29 is 23.5 Å². The molecule has 0 amide bonds. The lowest BCUT2D eigenvalue weighted by Crippen LogP contribution is -1.93. The van der Waals surface area contributed by atoms with Gasteiger partial charge < -0.3 is 9.47 Å². The maximum atomic E-state index is 10.3. The predicted molar refractivity (Wildman–Crippen MR) is 74.7 cm³/mol. The van der Waals surface area contributed by atoms with Gasteiger partial charge >= 0.3 is 8.25 Å². The van der Waals surface area contributed by atoms with Crippen LogP contribution in [0.1, 0.15) is 32.3 Å². The van der Waals surface area contributed by atoms with Gasteiger partial charge in [0.15, 0.2) is 11.5 Å². The van der Waals surface area contributed by atoms with Gasteiger partial charge in [0, 0.05) is 4.57 Å². The van der Waals surface area contributed by atoms with E-state index in [0.717, 1.165) is 5.56 Å². The van der Waals surface area contributed by atoms with E-state index in [1.54, 1.807) is 25.3 Å². The number of hydrogen-bond donors (Lipinski definition) is 1. The molecule has 0 saturated heterocycles. The van der Waals surface area contributed by atoms with Gasteiger partial charge in [0.05, 0.1) is 14.2 Å². The number of ether oxygens (including phenoxy) is 2. The third-order valence-electron chi connectivity index (χ3n) is 2.29. The molecule has 0 spiro atoms. The molecule has 0 heterocycles. The first kappa shape index (κ1) is 17.8. The fraction of sp³-hybridized carbons (Fsp3) is 0.538. The molecule has 0 fully saturated rings. The number of unbranched alkanes of at least 4 members (excludes halogenated alkanes) is 1. The van der Waals surface area contributed by atoms with Crippen LogP contribution in [0.3, 0.4) is 0 Å². The van der Waals surface area contributed by atoms with Crippen LogP contribution in [0.15, 0.2) is 18.2 Å². The summed E-state index contributed by atoms with van der Waals surface area (Å²) in [7, 11) is 0.492. The van der Waals surface area contributed by atoms with Gasteiger partial charge in [-0.3, -0.25) is 0 Å². The molecule has 1 aromatic carbocycles. The average Bonchev–Trinajstić information content (AvgIpc) is 2.44. The maximum Gasteiger partial charge on any atom is 0.695 e. The van der Waals surface area contributed by atoms with Crippen molar-refractivity contribution in [2.45, 2.75) is 33.3 Å². The van der Waals surface area contributed by atoms with Crippen LogP contribution < -0.4 is 9.47 Å². The third-order valence-corrected chi connectivity index (χ3v) is 2.64. The summed E-state index contributed by atoms with van der Waals surface area (Å²) in [4.78, 5) is 8.47. The molecule has 1 rings (SSSR count). The van der Waals surface area contributed by atoms with Crippen LogP contribution in [0.5, 0.6) is 11.5 Å². The Balaban J connectivity index is 0.000000711. The van der Waals surface area contributed by atoms with Crippen molar-refractivity contribution in [2.75, 3.05) is 14.2 Å². The van der Waals surface area contributed by atoms with Gasteiger partial charge in [0.25, 0.3) is 0 Å². The van der Waals surface area contributed by atoms with E-state index in [1.165, 1.54) is 20.0 Å². The van der Waals surface area contributed by atoms with E-state index in [0.29, 0.717) is 11.5 Å². The van der Waals surface area contributed by atoms with Crippen LogP contribution in [0, 0.1) is 0 Å². The van der Waals surface area contributed by atoms with Crippen LogP contribution >= 0.6 is 8.25 Å². The standard InChI is InChI=1S/C9H11O5P.C4H10/c1-12-8-4-3-7(5-9(8)13-2)6-14-15(10)11;1-3-4-2/h3-5H,6H2,1-2H3;3-4H2,1-2H3/p+1. The largest absolute Gasteiger partial charge is 0.695 e. The summed E-state index contributed by atoms with van der Waals surface area (Å²) in [5.41, 5.74) is 0.741. The first-order valence-corrected chi connectivity index (χ1v) is 7.21. The van der Waals surface area contributed by atoms with Crippen LogP contribution in [0.4, 0.5) is 0 Å². The minimum atomic E-state index is -2.57. The number of hydrogen-bond acceptors (Lipinski definition) is 4. The maximum absolute atomic E-state index is 10.3. The van der Waals surface area contributed by atoms with E-state index in [-0.39, 0.29) is 6.61 Å². The van der Waals surface area contributed by atoms with E-state index in [1.807, 2.05) is 0 Å². The highest BCUT2D eigenvalue weighted by Crippen LogP contribution is 2.28. The molecule has 0 aromatic heterocycles. The molecule has 0 saturated carbocycles. The monoisotopic (exact) mass is 289 g/mol. The van der Waals surface area contributed by atoms with Gasteiger partial charge in [0.1, 0.15) is 6.61 Å². The van der Waals surface area contributed by atoms with Gasteiger partial charge in [-0.2, -0.15) is 0 Å². The van der Waals surface area contributed by atoms with Crippen molar-refractivity contribution in [3.05, 3.63) is 23.8 Å². The van der Waals surface area contributed by atoms with E-state index < -0.39 is 8.25 Å². The molecule has 19 heavy (non-hydrogen) atoms. The molecule has 1 N–H and O–H groups in total. The second-order valence-corrected chi connectivity index (χ2v) is 4.43. The van der Waals surface area contributed by atoms with Gasteiger partial charge in [-0.15, -0.1) is 9.42 Å². The minimum Gasteiger partial charge on any atom is -0.493 e. The lowest BCUT2D eigenvalue weighted by atomic mass is 10.2. The highest BCUT2D eigenvalue weighted by Gasteiger charge is 2.13. The fourth-order valence-corrected chi connectivity index (χ4v) is 1.36. The zero-order valence-corrected chi connectivity index (χ0v) is 12.8.